The Kier molecular flexibility index (Phi) is 5.74. The zero-order valence-corrected chi connectivity index (χ0v) is 15.4. The van der Waals surface area contributed by atoms with E-state index in [0.29, 0.717) is 9.99 Å². The SMILES string of the molecule is CCc1sc(C(=O)NNC(=S)Nc2cc(C)cc(C)c2)cc1C. The van der Waals surface area contributed by atoms with Gasteiger partial charge in [0.15, 0.2) is 5.11 Å². The maximum absolute atomic E-state index is 12.1. The van der Waals surface area contributed by atoms with Crippen LogP contribution < -0.4 is 16.2 Å². The molecule has 0 saturated heterocycles. The van der Waals surface area contributed by atoms with Gasteiger partial charge in [-0.1, -0.05) is 13.0 Å². The Morgan fingerprint density at radius 1 is 1.09 bits per heavy atom. The number of hydrazine groups is 1. The van der Waals surface area contributed by atoms with Crippen molar-refractivity contribution in [1.29, 1.82) is 0 Å². The lowest BCUT2D eigenvalue weighted by Gasteiger charge is -2.12. The highest BCUT2D eigenvalue weighted by Crippen LogP contribution is 2.22. The summed E-state index contributed by atoms with van der Waals surface area (Å²) in [6.45, 7) is 8.16. The lowest BCUT2D eigenvalue weighted by Crippen LogP contribution is -2.43. The molecular weight excluding hydrogens is 326 g/mol. The van der Waals surface area contributed by atoms with Crippen molar-refractivity contribution in [1.82, 2.24) is 10.9 Å². The maximum atomic E-state index is 12.1. The molecule has 23 heavy (non-hydrogen) atoms. The molecule has 0 unspecified atom stereocenters. The van der Waals surface area contributed by atoms with Crippen LogP contribution in [0.1, 0.15) is 38.2 Å². The first kappa shape index (κ1) is 17.4. The Labute approximate surface area is 146 Å². The van der Waals surface area contributed by atoms with E-state index in [1.807, 2.05) is 39.0 Å². The van der Waals surface area contributed by atoms with Crippen LogP contribution in [0.4, 0.5) is 5.69 Å². The summed E-state index contributed by atoms with van der Waals surface area (Å²) in [5, 5.41) is 3.42. The molecule has 0 atom stereocenters. The van der Waals surface area contributed by atoms with Crippen molar-refractivity contribution >= 4 is 40.3 Å². The molecule has 1 amide bonds. The molecule has 122 valence electrons. The summed E-state index contributed by atoms with van der Waals surface area (Å²) >= 11 is 6.72. The van der Waals surface area contributed by atoms with Crippen molar-refractivity contribution in [2.75, 3.05) is 5.32 Å². The number of aryl methyl sites for hydroxylation is 4. The molecule has 0 saturated carbocycles. The third-order valence-corrected chi connectivity index (χ3v) is 4.92. The molecule has 0 bridgehead atoms. The monoisotopic (exact) mass is 347 g/mol. The molecule has 0 fully saturated rings. The van der Waals surface area contributed by atoms with Gasteiger partial charge in [0.1, 0.15) is 0 Å². The second-order valence-corrected chi connectivity index (χ2v) is 7.03. The van der Waals surface area contributed by atoms with Crippen LogP contribution in [0.2, 0.25) is 0 Å². The van der Waals surface area contributed by atoms with Crippen LogP contribution in [0, 0.1) is 20.8 Å². The van der Waals surface area contributed by atoms with Gasteiger partial charge in [-0.3, -0.25) is 15.6 Å². The second-order valence-electron chi connectivity index (χ2n) is 5.48. The van der Waals surface area contributed by atoms with Crippen molar-refractivity contribution in [2.24, 2.45) is 0 Å². The lowest BCUT2D eigenvalue weighted by molar-refractivity contribution is 0.0948. The Morgan fingerprint density at radius 3 is 2.30 bits per heavy atom. The van der Waals surface area contributed by atoms with Crippen LogP contribution in [0.5, 0.6) is 0 Å². The molecule has 0 aliphatic heterocycles. The molecule has 4 nitrogen and oxygen atoms in total. The van der Waals surface area contributed by atoms with E-state index in [1.165, 1.54) is 16.2 Å². The minimum absolute atomic E-state index is 0.178. The van der Waals surface area contributed by atoms with Crippen LogP contribution in [0.25, 0.3) is 0 Å². The topological polar surface area (TPSA) is 53.2 Å². The predicted molar refractivity (Wildman–Crippen MR) is 101 cm³/mol. The van der Waals surface area contributed by atoms with Gasteiger partial charge in [0.05, 0.1) is 4.88 Å². The van der Waals surface area contributed by atoms with Crippen LogP contribution >= 0.6 is 23.6 Å². The summed E-state index contributed by atoms with van der Waals surface area (Å²) in [5.41, 5.74) is 9.73. The first-order valence-corrected chi connectivity index (χ1v) is 8.66. The molecular formula is C17H21N3OS2. The van der Waals surface area contributed by atoms with Gasteiger partial charge >= 0.3 is 0 Å². The highest BCUT2D eigenvalue weighted by Gasteiger charge is 2.11. The average Bonchev–Trinajstić information content (AvgIpc) is 2.85. The predicted octanol–water partition coefficient (Wildman–Crippen LogP) is 3.87. The smallest absolute Gasteiger partial charge is 0.279 e. The molecule has 2 rings (SSSR count). The fourth-order valence-electron chi connectivity index (χ4n) is 2.37. The normalized spacial score (nSPS) is 10.3. The van der Waals surface area contributed by atoms with E-state index >= 15 is 0 Å². The van der Waals surface area contributed by atoms with Crippen molar-refractivity contribution in [3.05, 3.63) is 50.7 Å². The first-order chi connectivity index (χ1) is 10.9. The molecule has 3 N–H and O–H groups in total. The fourth-order valence-corrected chi connectivity index (χ4v) is 3.55. The van der Waals surface area contributed by atoms with Gasteiger partial charge in [-0.15, -0.1) is 11.3 Å². The molecule has 0 radical (unpaired) electrons. The summed E-state index contributed by atoms with van der Waals surface area (Å²) < 4.78 is 0. The largest absolute Gasteiger partial charge is 0.331 e. The number of thiophene rings is 1. The van der Waals surface area contributed by atoms with E-state index in [-0.39, 0.29) is 5.91 Å². The average molecular weight is 348 g/mol. The van der Waals surface area contributed by atoms with E-state index in [4.69, 9.17) is 12.2 Å². The number of hydrogen-bond donors (Lipinski definition) is 3. The molecule has 1 heterocycles. The zero-order valence-electron chi connectivity index (χ0n) is 13.7. The van der Waals surface area contributed by atoms with Gasteiger partial charge in [0, 0.05) is 10.6 Å². The van der Waals surface area contributed by atoms with Crippen LogP contribution in [-0.2, 0) is 6.42 Å². The molecule has 2 aromatic rings. The number of benzene rings is 1. The quantitative estimate of drug-likeness (QED) is 0.583. The number of carbonyl (C=O) groups is 1. The van der Waals surface area contributed by atoms with E-state index in [2.05, 4.69) is 29.2 Å². The summed E-state index contributed by atoms with van der Waals surface area (Å²) in [4.78, 5) is 14.1. The highest BCUT2D eigenvalue weighted by molar-refractivity contribution is 7.80. The van der Waals surface area contributed by atoms with Gasteiger partial charge < -0.3 is 5.32 Å². The van der Waals surface area contributed by atoms with Gasteiger partial charge in [-0.2, -0.15) is 0 Å². The van der Waals surface area contributed by atoms with E-state index in [0.717, 1.165) is 28.8 Å². The number of carbonyl (C=O) groups excluding carboxylic acids is 1. The summed E-state index contributed by atoms with van der Waals surface area (Å²) in [7, 11) is 0. The van der Waals surface area contributed by atoms with Crippen molar-refractivity contribution < 1.29 is 4.79 Å². The fraction of sp³-hybridized carbons (Fsp3) is 0.294. The summed E-state index contributed by atoms with van der Waals surface area (Å²) in [6.07, 6.45) is 0.934. The summed E-state index contributed by atoms with van der Waals surface area (Å²) in [6, 6.07) is 7.99. The van der Waals surface area contributed by atoms with E-state index in [1.54, 1.807) is 0 Å². The van der Waals surface area contributed by atoms with Gasteiger partial charge in [0.2, 0.25) is 0 Å². The van der Waals surface area contributed by atoms with Gasteiger partial charge in [-0.25, -0.2) is 0 Å². The van der Waals surface area contributed by atoms with Crippen molar-refractivity contribution in [2.45, 2.75) is 34.1 Å². The molecule has 0 spiro atoms. The Hall–Kier alpha value is -1.92. The second kappa shape index (κ2) is 7.57. The Morgan fingerprint density at radius 2 is 1.74 bits per heavy atom. The van der Waals surface area contributed by atoms with Crippen LogP contribution in [0.3, 0.4) is 0 Å². The minimum Gasteiger partial charge on any atom is -0.331 e. The zero-order chi connectivity index (χ0) is 17.0. The first-order valence-electron chi connectivity index (χ1n) is 7.44. The number of rotatable bonds is 3. The number of amides is 1. The molecule has 6 heteroatoms. The number of nitrogens with one attached hydrogen (secondary N) is 3. The number of hydrogen-bond acceptors (Lipinski definition) is 3. The molecule has 1 aromatic carbocycles. The van der Waals surface area contributed by atoms with Crippen molar-refractivity contribution in [3.63, 3.8) is 0 Å². The Bertz CT molecular complexity index is 717. The third-order valence-electron chi connectivity index (χ3n) is 3.33. The third kappa shape index (κ3) is 4.77. The Balaban J connectivity index is 1.91. The van der Waals surface area contributed by atoms with Crippen LogP contribution in [-0.4, -0.2) is 11.0 Å². The number of thiocarbonyl (C=S) groups is 1. The minimum atomic E-state index is -0.178. The molecule has 1 aromatic heterocycles. The van der Waals surface area contributed by atoms with Gasteiger partial charge in [-0.05, 0) is 74.3 Å². The van der Waals surface area contributed by atoms with E-state index in [9.17, 15) is 4.79 Å². The highest BCUT2D eigenvalue weighted by atomic mass is 32.1. The number of anilines is 1. The van der Waals surface area contributed by atoms with Gasteiger partial charge in [0.25, 0.3) is 5.91 Å². The standard InChI is InChI=1S/C17H21N3OS2/c1-5-14-12(4)9-15(23-14)16(21)19-20-17(22)18-13-7-10(2)6-11(3)8-13/h6-9H,5H2,1-4H3,(H,19,21)(H2,18,20,22). The van der Waals surface area contributed by atoms with E-state index < -0.39 is 0 Å². The molecule has 0 aliphatic carbocycles. The lowest BCUT2D eigenvalue weighted by atomic mass is 10.1. The maximum Gasteiger partial charge on any atom is 0.279 e. The van der Waals surface area contributed by atoms with Crippen LogP contribution in [0.15, 0.2) is 24.3 Å². The summed E-state index contributed by atoms with van der Waals surface area (Å²) in [5.74, 6) is -0.178. The van der Waals surface area contributed by atoms with Crippen molar-refractivity contribution in [3.8, 4) is 0 Å². The molecule has 0 aliphatic rings.